The first-order valence-corrected chi connectivity index (χ1v) is 8.10. The average Bonchev–Trinajstić information content (AvgIpc) is 2.50. The van der Waals surface area contributed by atoms with Crippen LogP contribution in [0.15, 0.2) is 48.5 Å². The number of halogens is 2. The van der Waals surface area contributed by atoms with Crippen molar-refractivity contribution in [2.75, 3.05) is 0 Å². The molecule has 2 nitrogen and oxygen atoms in total. The average molecular weight is 349 g/mol. The SMILES string of the molecule is CC(=O)C(Cc1ccc(Cl)cc1)(Cc1ccc(Cl)cc1)C(C)=O. The van der Waals surface area contributed by atoms with E-state index in [1.807, 2.05) is 24.3 Å². The second kappa shape index (κ2) is 7.29. The maximum Gasteiger partial charge on any atom is 0.144 e. The van der Waals surface area contributed by atoms with Crippen LogP contribution in [0.25, 0.3) is 0 Å². The summed E-state index contributed by atoms with van der Waals surface area (Å²) in [6.45, 7) is 2.96. The van der Waals surface area contributed by atoms with Crippen molar-refractivity contribution in [2.45, 2.75) is 26.7 Å². The zero-order valence-corrected chi connectivity index (χ0v) is 14.6. The van der Waals surface area contributed by atoms with E-state index in [1.165, 1.54) is 13.8 Å². The van der Waals surface area contributed by atoms with Gasteiger partial charge in [-0.2, -0.15) is 0 Å². The fraction of sp³-hybridized carbons (Fsp3) is 0.263. The van der Waals surface area contributed by atoms with E-state index in [-0.39, 0.29) is 11.6 Å². The van der Waals surface area contributed by atoms with Gasteiger partial charge in [0.25, 0.3) is 0 Å². The van der Waals surface area contributed by atoms with Crippen molar-refractivity contribution in [1.82, 2.24) is 0 Å². The molecule has 2 rings (SSSR count). The van der Waals surface area contributed by atoms with Gasteiger partial charge in [0.2, 0.25) is 0 Å². The first kappa shape index (κ1) is 17.7. The molecular weight excluding hydrogens is 331 g/mol. The second-order valence-corrected chi connectivity index (χ2v) is 6.67. The summed E-state index contributed by atoms with van der Waals surface area (Å²) < 4.78 is 0. The Bertz CT molecular complexity index is 640. The summed E-state index contributed by atoms with van der Waals surface area (Å²) in [5, 5.41) is 1.26. The molecule has 0 saturated carbocycles. The van der Waals surface area contributed by atoms with Crippen LogP contribution in [-0.4, -0.2) is 11.6 Å². The van der Waals surface area contributed by atoms with Crippen molar-refractivity contribution in [3.8, 4) is 0 Å². The lowest BCUT2D eigenvalue weighted by molar-refractivity contribution is -0.138. The van der Waals surface area contributed by atoms with Crippen LogP contribution in [0.4, 0.5) is 0 Å². The lowest BCUT2D eigenvalue weighted by Gasteiger charge is -2.29. The fourth-order valence-electron chi connectivity index (χ4n) is 2.71. The minimum atomic E-state index is -1.07. The van der Waals surface area contributed by atoms with Crippen LogP contribution in [0.1, 0.15) is 25.0 Å². The first-order chi connectivity index (χ1) is 10.8. The summed E-state index contributed by atoms with van der Waals surface area (Å²) in [7, 11) is 0. The van der Waals surface area contributed by atoms with Crippen molar-refractivity contribution < 1.29 is 9.59 Å². The van der Waals surface area contributed by atoms with E-state index in [4.69, 9.17) is 23.2 Å². The van der Waals surface area contributed by atoms with Gasteiger partial charge < -0.3 is 0 Å². The number of ketones is 2. The molecular formula is C19H18Cl2O2. The zero-order valence-electron chi connectivity index (χ0n) is 13.1. The smallest absolute Gasteiger partial charge is 0.144 e. The molecule has 0 atom stereocenters. The second-order valence-electron chi connectivity index (χ2n) is 5.80. The van der Waals surface area contributed by atoms with Crippen LogP contribution in [-0.2, 0) is 22.4 Å². The van der Waals surface area contributed by atoms with Crippen LogP contribution < -0.4 is 0 Å². The largest absolute Gasteiger partial charge is 0.299 e. The molecule has 0 amide bonds. The van der Waals surface area contributed by atoms with E-state index in [2.05, 4.69) is 0 Å². The number of Topliss-reactive ketones (excluding diaryl/α,β-unsaturated/α-hetero) is 2. The van der Waals surface area contributed by atoms with Gasteiger partial charge in [0.1, 0.15) is 11.6 Å². The summed E-state index contributed by atoms with van der Waals surface area (Å²) in [4.78, 5) is 24.8. The first-order valence-electron chi connectivity index (χ1n) is 7.34. The summed E-state index contributed by atoms with van der Waals surface area (Å²) in [6.07, 6.45) is 0.717. The highest BCUT2D eigenvalue weighted by molar-refractivity contribution is 6.30. The van der Waals surface area contributed by atoms with Crippen LogP contribution in [0.3, 0.4) is 0 Å². The van der Waals surface area contributed by atoms with Gasteiger partial charge in [-0.3, -0.25) is 9.59 Å². The highest BCUT2D eigenvalue weighted by Gasteiger charge is 2.40. The molecule has 0 aromatic heterocycles. The van der Waals surface area contributed by atoms with Crippen LogP contribution in [0, 0.1) is 5.41 Å². The van der Waals surface area contributed by atoms with Crippen molar-refractivity contribution in [1.29, 1.82) is 0 Å². The van der Waals surface area contributed by atoms with E-state index in [0.29, 0.717) is 22.9 Å². The van der Waals surface area contributed by atoms with Gasteiger partial charge in [0, 0.05) is 10.0 Å². The van der Waals surface area contributed by atoms with E-state index < -0.39 is 5.41 Å². The molecule has 0 heterocycles. The lowest BCUT2D eigenvalue weighted by atomic mass is 9.71. The Balaban J connectivity index is 2.38. The molecule has 0 aliphatic carbocycles. The maximum absolute atomic E-state index is 12.4. The number of hydrogen-bond donors (Lipinski definition) is 0. The summed E-state index contributed by atoms with van der Waals surface area (Å²) in [5.41, 5.74) is 0.754. The van der Waals surface area contributed by atoms with E-state index in [1.54, 1.807) is 24.3 Å². The number of rotatable bonds is 6. The molecule has 2 aromatic rings. The van der Waals surface area contributed by atoms with Gasteiger partial charge in [0.15, 0.2) is 0 Å². The number of carbonyl (C=O) groups is 2. The minimum absolute atomic E-state index is 0.130. The molecule has 0 aliphatic rings. The standard InChI is InChI=1S/C19H18Cl2O2/c1-13(22)19(14(2)23,11-15-3-7-17(20)8-4-15)12-16-5-9-18(21)10-6-16/h3-10H,11-12H2,1-2H3. The predicted molar refractivity (Wildman–Crippen MR) is 94.1 cm³/mol. The van der Waals surface area contributed by atoms with Crippen molar-refractivity contribution >= 4 is 34.8 Å². The molecule has 0 aliphatic heterocycles. The third kappa shape index (κ3) is 4.21. The molecule has 0 bridgehead atoms. The fourth-order valence-corrected chi connectivity index (χ4v) is 2.96. The molecule has 0 radical (unpaired) electrons. The third-order valence-corrected chi connectivity index (χ3v) is 4.69. The third-order valence-electron chi connectivity index (χ3n) is 4.19. The highest BCUT2D eigenvalue weighted by atomic mass is 35.5. The molecule has 0 N–H and O–H groups in total. The Morgan fingerprint density at radius 2 is 1.04 bits per heavy atom. The summed E-state index contributed by atoms with van der Waals surface area (Å²) in [5.74, 6) is -0.259. The summed E-state index contributed by atoms with van der Waals surface area (Å²) in [6, 6.07) is 14.5. The van der Waals surface area contributed by atoms with Crippen molar-refractivity contribution in [2.24, 2.45) is 5.41 Å². The van der Waals surface area contributed by atoms with Crippen molar-refractivity contribution in [3.63, 3.8) is 0 Å². The molecule has 0 unspecified atom stereocenters. The number of benzene rings is 2. The van der Waals surface area contributed by atoms with E-state index in [9.17, 15) is 9.59 Å². The van der Waals surface area contributed by atoms with Gasteiger partial charge in [-0.1, -0.05) is 47.5 Å². The maximum atomic E-state index is 12.4. The molecule has 0 saturated heterocycles. The van der Waals surface area contributed by atoms with Crippen LogP contribution in [0.5, 0.6) is 0 Å². The van der Waals surface area contributed by atoms with Gasteiger partial charge in [-0.15, -0.1) is 0 Å². The molecule has 2 aromatic carbocycles. The summed E-state index contributed by atoms with van der Waals surface area (Å²) >= 11 is 11.8. The number of carbonyl (C=O) groups excluding carboxylic acids is 2. The highest BCUT2D eigenvalue weighted by Crippen LogP contribution is 2.31. The van der Waals surface area contributed by atoms with Crippen molar-refractivity contribution in [3.05, 3.63) is 69.7 Å². The van der Waals surface area contributed by atoms with Gasteiger partial charge >= 0.3 is 0 Å². The van der Waals surface area contributed by atoms with E-state index >= 15 is 0 Å². The normalized spacial score (nSPS) is 11.3. The monoisotopic (exact) mass is 348 g/mol. The Morgan fingerprint density at radius 3 is 1.30 bits per heavy atom. The molecule has 0 fully saturated rings. The van der Waals surface area contributed by atoms with Gasteiger partial charge in [0.05, 0.1) is 5.41 Å². The minimum Gasteiger partial charge on any atom is -0.299 e. The molecule has 23 heavy (non-hydrogen) atoms. The Labute approximate surface area is 146 Å². The quantitative estimate of drug-likeness (QED) is 0.692. The van der Waals surface area contributed by atoms with Gasteiger partial charge in [-0.05, 0) is 62.1 Å². The Hall–Kier alpha value is -1.64. The van der Waals surface area contributed by atoms with Crippen LogP contribution >= 0.6 is 23.2 Å². The molecule has 0 spiro atoms. The molecule has 4 heteroatoms. The topological polar surface area (TPSA) is 34.1 Å². The van der Waals surface area contributed by atoms with E-state index in [0.717, 1.165) is 11.1 Å². The lowest BCUT2D eigenvalue weighted by Crippen LogP contribution is -2.41. The Kier molecular flexibility index (Phi) is 5.61. The van der Waals surface area contributed by atoms with Gasteiger partial charge in [-0.25, -0.2) is 0 Å². The zero-order chi connectivity index (χ0) is 17.0. The predicted octanol–water partition coefficient (Wildman–Crippen LogP) is 4.94. The molecule has 120 valence electrons. The Morgan fingerprint density at radius 1 is 0.739 bits per heavy atom. The van der Waals surface area contributed by atoms with Crippen LogP contribution in [0.2, 0.25) is 10.0 Å². The number of hydrogen-bond acceptors (Lipinski definition) is 2.